The van der Waals surface area contributed by atoms with E-state index in [9.17, 15) is 24.9 Å². The number of ether oxygens (including phenoxy) is 2. The number of phenolic OH excluding ortho intramolecular Hbond substituents is 2. The highest BCUT2D eigenvalue weighted by Gasteiger charge is 2.09. The standard InChI is InChI=1S/C21H20O7/c22-17(13-27-20(25)10-7-15-4-2-1-3-5-15)14-28-21(26)11-8-16-6-9-18(23)19(24)12-16/h1-12,17,22-24H,13-14H2. The molecule has 7 nitrogen and oxygen atoms in total. The molecule has 1 unspecified atom stereocenters. The van der Waals surface area contributed by atoms with Crippen LogP contribution in [-0.2, 0) is 19.1 Å². The molecule has 28 heavy (non-hydrogen) atoms. The first-order valence-corrected chi connectivity index (χ1v) is 8.39. The number of carbonyl (C=O) groups excluding carboxylic acids is 2. The van der Waals surface area contributed by atoms with Crippen LogP contribution in [0, 0.1) is 0 Å². The number of aliphatic hydroxyl groups is 1. The Labute approximate surface area is 161 Å². The molecule has 0 aliphatic carbocycles. The van der Waals surface area contributed by atoms with Crippen LogP contribution in [0.1, 0.15) is 11.1 Å². The van der Waals surface area contributed by atoms with Crippen molar-refractivity contribution in [2.75, 3.05) is 13.2 Å². The maximum atomic E-state index is 11.6. The number of phenols is 2. The summed E-state index contributed by atoms with van der Waals surface area (Å²) in [5, 5.41) is 28.3. The summed E-state index contributed by atoms with van der Waals surface area (Å²) >= 11 is 0. The molecule has 0 aromatic heterocycles. The third kappa shape index (κ3) is 7.35. The molecule has 2 aromatic carbocycles. The fourth-order valence-electron chi connectivity index (χ4n) is 2.04. The van der Waals surface area contributed by atoms with Gasteiger partial charge in [-0.2, -0.15) is 0 Å². The van der Waals surface area contributed by atoms with E-state index in [4.69, 9.17) is 9.47 Å². The summed E-state index contributed by atoms with van der Waals surface area (Å²) in [6, 6.07) is 13.2. The molecule has 0 fully saturated rings. The summed E-state index contributed by atoms with van der Waals surface area (Å²) in [5.74, 6) is -1.92. The van der Waals surface area contributed by atoms with Crippen molar-refractivity contribution in [3.8, 4) is 11.5 Å². The van der Waals surface area contributed by atoms with Gasteiger partial charge in [-0.25, -0.2) is 9.59 Å². The first-order chi connectivity index (χ1) is 13.4. The topological polar surface area (TPSA) is 113 Å². The second kappa shape index (κ2) is 10.5. The van der Waals surface area contributed by atoms with E-state index < -0.39 is 18.0 Å². The van der Waals surface area contributed by atoms with Crippen molar-refractivity contribution in [3.63, 3.8) is 0 Å². The first-order valence-electron chi connectivity index (χ1n) is 8.39. The molecule has 0 saturated carbocycles. The molecule has 0 heterocycles. The Morgan fingerprint density at radius 3 is 1.96 bits per heavy atom. The molecule has 0 spiro atoms. The SMILES string of the molecule is O=C(C=Cc1ccccc1)OCC(O)COC(=O)C=Cc1ccc(O)c(O)c1. The first kappa shape index (κ1) is 20.7. The molecule has 0 aliphatic heterocycles. The number of carbonyl (C=O) groups is 2. The molecule has 7 heteroatoms. The second-order valence-electron chi connectivity index (χ2n) is 5.74. The average molecular weight is 384 g/mol. The van der Waals surface area contributed by atoms with E-state index in [2.05, 4.69) is 0 Å². The van der Waals surface area contributed by atoms with Gasteiger partial charge >= 0.3 is 11.9 Å². The van der Waals surface area contributed by atoms with Gasteiger partial charge in [0.2, 0.25) is 0 Å². The summed E-state index contributed by atoms with van der Waals surface area (Å²) < 4.78 is 9.72. The zero-order valence-corrected chi connectivity index (χ0v) is 14.9. The molecule has 0 bridgehead atoms. The summed E-state index contributed by atoms with van der Waals surface area (Å²) in [4.78, 5) is 23.2. The monoisotopic (exact) mass is 384 g/mol. The Bertz CT molecular complexity index is 856. The molecule has 2 rings (SSSR count). The van der Waals surface area contributed by atoms with E-state index in [1.807, 2.05) is 30.3 Å². The average Bonchev–Trinajstić information content (AvgIpc) is 2.70. The predicted molar refractivity (Wildman–Crippen MR) is 102 cm³/mol. The van der Waals surface area contributed by atoms with Gasteiger partial charge in [-0.1, -0.05) is 36.4 Å². The molecular formula is C21H20O7. The Kier molecular flexibility index (Phi) is 7.80. The molecule has 3 N–H and O–H groups in total. The molecule has 2 aromatic rings. The molecule has 0 radical (unpaired) electrons. The van der Waals surface area contributed by atoms with Crippen LogP contribution >= 0.6 is 0 Å². The molecule has 1 atom stereocenters. The van der Waals surface area contributed by atoms with Crippen molar-refractivity contribution in [2.24, 2.45) is 0 Å². The van der Waals surface area contributed by atoms with Crippen LogP contribution in [0.5, 0.6) is 11.5 Å². The van der Waals surface area contributed by atoms with Crippen LogP contribution in [0.15, 0.2) is 60.7 Å². The van der Waals surface area contributed by atoms with Gasteiger partial charge in [0.1, 0.15) is 19.3 Å². The second-order valence-corrected chi connectivity index (χ2v) is 5.74. The van der Waals surface area contributed by atoms with Crippen molar-refractivity contribution in [2.45, 2.75) is 6.10 Å². The van der Waals surface area contributed by atoms with Crippen LogP contribution in [0.4, 0.5) is 0 Å². The van der Waals surface area contributed by atoms with E-state index in [1.54, 1.807) is 6.08 Å². The minimum absolute atomic E-state index is 0.268. The molecular weight excluding hydrogens is 364 g/mol. The number of aromatic hydroxyl groups is 2. The minimum Gasteiger partial charge on any atom is -0.504 e. The van der Waals surface area contributed by atoms with E-state index in [0.717, 1.165) is 11.6 Å². The molecule has 146 valence electrons. The third-order valence-corrected chi connectivity index (χ3v) is 3.46. The van der Waals surface area contributed by atoms with Crippen molar-refractivity contribution in [1.29, 1.82) is 0 Å². The lowest BCUT2D eigenvalue weighted by Gasteiger charge is -2.10. The predicted octanol–water partition coefficient (Wildman–Crippen LogP) is 2.27. The Balaban J connectivity index is 1.69. The van der Waals surface area contributed by atoms with Crippen molar-refractivity contribution < 1.29 is 34.4 Å². The van der Waals surface area contributed by atoms with Crippen molar-refractivity contribution >= 4 is 24.1 Å². The van der Waals surface area contributed by atoms with Gasteiger partial charge in [-0.3, -0.25) is 0 Å². The Hall–Kier alpha value is -3.58. The van der Waals surface area contributed by atoms with Gasteiger partial charge in [-0.15, -0.1) is 0 Å². The molecule has 0 amide bonds. The zero-order chi connectivity index (χ0) is 20.4. The van der Waals surface area contributed by atoms with Gasteiger partial charge in [0.05, 0.1) is 0 Å². The Morgan fingerprint density at radius 1 is 0.821 bits per heavy atom. The maximum Gasteiger partial charge on any atom is 0.330 e. The number of esters is 2. The highest BCUT2D eigenvalue weighted by Crippen LogP contribution is 2.25. The smallest absolute Gasteiger partial charge is 0.330 e. The van der Waals surface area contributed by atoms with Gasteiger partial charge in [-0.05, 0) is 35.4 Å². The van der Waals surface area contributed by atoms with Gasteiger partial charge < -0.3 is 24.8 Å². The Morgan fingerprint density at radius 2 is 1.39 bits per heavy atom. The van der Waals surface area contributed by atoms with Gasteiger partial charge in [0.25, 0.3) is 0 Å². The van der Waals surface area contributed by atoms with Crippen molar-refractivity contribution in [1.82, 2.24) is 0 Å². The summed E-state index contributed by atoms with van der Waals surface area (Å²) in [6.45, 7) is -0.666. The highest BCUT2D eigenvalue weighted by atomic mass is 16.6. The summed E-state index contributed by atoms with van der Waals surface area (Å²) in [6.07, 6.45) is 4.14. The highest BCUT2D eigenvalue weighted by molar-refractivity contribution is 5.87. The van der Waals surface area contributed by atoms with Gasteiger partial charge in [0.15, 0.2) is 11.5 Å². The summed E-state index contributed by atoms with van der Waals surface area (Å²) in [5.41, 5.74) is 1.31. The van der Waals surface area contributed by atoms with E-state index in [-0.39, 0.29) is 24.7 Å². The maximum absolute atomic E-state index is 11.6. The van der Waals surface area contributed by atoms with Crippen LogP contribution < -0.4 is 0 Å². The molecule has 0 saturated heterocycles. The lowest BCUT2D eigenvalue weighted by Crippen LogP contribution is -2.24. The number of rotatable bonds is 8. The van der Waals surface area contributed by atoms with Crippen molar-refractivity contribution in [3.05, 3.63) is 71.8 Å². The lowest BCUT2D eigenvalue weighted by atomic mass is 10.2. The van der Waals surface area contributed by atoms with Crippen LogP contribution in [0.3, 0.4) is 0 Å². The fraction of sp³-hybridized carbons (Fsp3) is 0.143. The van der Waals surface area contributed by atoms with Crippen LogP contribution in [-0.4, -0.2) is 46.6 Å². The lowest BCUT2D eigenvalue weighted by molar-refractivity contribution is -0.146. The number of aliphatic hydroxyl groups excluding tert-OH is 1. The van der Waals surface area contributed by atoms with Crippen LogP contribution in [0.2, 0.25) is 0 Å². The number of hydrogen-bond acceptors (Lipinski definition) is 7. The van der Waals surface area contributed by atoms with E-state index in [1.165, 1.54) is 30.4 Å². The largest absolute Gasteiger partial charge is 0.504 e. The zero-order valence-electron chi connectivity index (χ0n) is 14.9. The minimum atomic E-state index is -1.16. The fourth-order valence-corrected chi connectivity index (χ4v) is 2.04. The number of benzene rings is 2. The quantitative estimate of drug-likeness (QED) is 0.363. The van der Waals surface area contributed by atoms with E-state index in [0.29, 0.717) is 5.56 Å². The molecule has 0 aliphatic rings. The van der Waals surface area contributed by atoms with E-state index >= 15 is 0 Å². The summed E-state index contributed by atoms with van der Waals surface area (Å²) in [7, 11) is 0. The van der Waals surface area contributed by atoms with Gasteiger partial charge in [0, 0.05) is 12.2 Å². The number of hydrogen-bond donors (Lipinski definition) is 3. The normalized spacial score (nSPS) is 12.2. The van der Waals surface area contributed by atoms with Crippen LogP contribution in [0.25, 0.3) is 12.2 Å². The third-order valence-electron chi connectivity index (χ3n) is 3.46.